The molecule has 3 aromatic rings. The Bertz CT molecular complexity index is 756. The van der Waals surface area contributed by atoms with Gasteiger partial charge in [-0.1, -0.05) is 19.1 Å². The van der Waals surface area contributed by atoms with Gasteiger partial charge in [0.2, 0.25) is 5.89 Å². The lowest BCUT2D eigenvalue weighted by atomic mass is 10.3. The number of hydrogen-bond acceptors (Lipinski definition) is 4. The van der Waals surface area contributed by atoms with Crippen molar-refractivity contribution in [2.75, 3.05) is 7.05 Å². The third-order valence-electron chi connectivity index (χ3n) is 4.33. The largest absolute Gasteiger partial charge is 0.464 e. The van der Waals surface area contributed by atoms with E-state index in [0.717, 1.165) is 41.0 Å². The topological polar surface area (TPSA) is 42.4 Å². The fourth-order valence-corrected chi connectivity index (χ4v) is 2.94. The molecule has 1 aliphatic rings. The van der Waals surface area contributed by atoms with Crippen molar-refractivity contribution < 1.29 is 8.83 Å². The lowest BCUT2D eigenvalue weighted by molar-refractivity contribution is 0.259. The average molecular weight is 296 g/mol. The second-order valence-corrected chi connectivity index (χ2v) is 6.37. The van der Waals surface area contributed by atoms with Crippen LogP contribution in [0.1, 0.15) is 36.7 Å². The summed E-state index contributed by atoms with van der Waals surface area (Å²) in [7, 11) is 2.05. The van der Waals surface area contributed by atoms with Gasteiger partial charge in [0.15, 0.2) is 5.58 Å². The van der Waals surface area contributed by atoms with Gasteiger partial charge in [-0.2, -0.15) is 0 Å². The Morgan fingerprint density at radius 2 is 1.95 bits per heavy atom. The molecule has 0 amide bonds. The van der Waals surface area contributed by atoms with E-state index in [-0.39, 0.29) is 0 Å². The molecule has 0 saturated heterocycles. The zero-order chi connectivity index (χ0) is 15.1. The Morgan fingerprint density at radius 3 is 2.73 bits per heavy atom. The Balaban J connectivity index is 1.41. The smallest absolute Gasteiger partial charge is 0.209 e. The summed E-state index contributed by atoms with van der Waals surface area (Å²) in [4.78, 5) is 6.67. The van der Waals surface area contributed by atoms with Crippen LogP contribution in [0.15, 0.2) is 45.2 Å². The number of oxazole rings is 1. The zero-order valence-electron chi connectivity index (χ0n) is 13.0. The molecule has 2 aromatic heterocycles. The fourth-order valence-electron chi connectivity index (χ4n) is 2.94. The third kappa shape index (κ3) is 2.66. The van der Waals surface area contributed by atoms with E-state index in [2.05, 4.69) is 36.0 Å². The van der Waals surface area contributed by atoms with Crippen LogP contribution in [0.2, 0.25) is 0 Å². The number of nitrogens with zero attached hydrogens (tertiary/aromatic N) is 2. The minimum atomic E-state index is 0.635. The molecule has 114 valence electrons. The maximum atomic E-state index is 5.95. The van der Waals surface area contributed by atoms with E-state index in [9.17, 15) is 0 Å². The number of furan rings is 1. The van der Waals surface area contributed by atoms with E-state index in [0.29, 0.717) is 12.5 Å². The summed E-state index contributed by atoms with van der Waals surface area (Å²) >= 11 is 0. The molecule has 0 radical (unpaired) electrons. The van der Waals surface area contributed by atoms with Gasteiger partial charge in [0, 0.05) is 5.92 Å². The second kappa shape index (κ2) is 5.29. The Labute approximate surface area is 129 Å². The standard InChI is InChI=1S/C18H20N2O2/c1-12-9-14(12)16-8-7-13(21-16)10-20(2)11-18-19-15-5-3-4-6-17(15)22-18/h3-8,12,14H,9-11H2,1-2H3/t12-,14-/m1/s1. The van der Waals surface area contributed by atoms with Gasteiger partial charge in [-0.05, 0) is 43.7 Å². The van der Waals surface area contributed by atoms with E-state index in [1.807, 2.05) is 24.3 Å². The van der Waals surface area contributed by atoms with E-state index in [4.69, 9.17) is 8.83 Å². The third-order valence-corrected chi connectivity index (χ3v) is 4.33. The van der Waals surface area contributed by atoms with Gasteiger partial charge in [-0.15, -0.1) is 0 Å². The summed E-state index contributed by atoms with van der Waals surface area (Å²) < 4.78 is 11.7. The zero-order valence-corrected chi connectivity index (χ0v) is 13.0. The molecule has 2 atom stereocenters. The molecule has 1 saturated carbocycles. The number of para-hydroxylation sites is 2. The van der Waals surface area contributed by atoms with Gasteiger partial charge >= 0.3 is 0 Å². The molecule has 1 aliphatic carbocycles. The Kier molecular flexibility index (Phi) is 3.26. The Hall–Kier alpha value is -2.07. The van der Waals surface area contributed by atoms with Gasteiger partial charge in [-0.3, -0.25) is 4.90 Å². The first-order valence-electron chi connectivity index (χ1n) is 7.80. The van der Waals surface area contributed by atoms with E-state index < -0.39 is 0 Å². The maximum absolute atomic E-state index is 5.95. The van der Waals surface area contributed by atoms with Crippen molar-refractivity contribution in [1.82, 2.24) is 9.88 Å². The van der Waals surface area contributed by atoms with Crippen LogP contribution < -0.4 is 0 Å². The minimum Gasteiger partial charge on any atom is -0.464 e. The van der Waals surface area contributed by atoms with Gasteiger partial charge in [0.05, 0.1) is 13.1 Å². The summed E-state index contributed by atoms with van der Waals surface area (Å²) in [5.41, 5.74) is 1.75. The molecule has 0 bridgehead atoms. The minimum absolute atomic E-state index is 0.635. The quantitative estimate of drug-likeness (QED) is 0.708. The highest BCUT2D eigenvalue weighted by Crippen LogP contribution is 2.47. The van der Waals surface area contributed by atoms with Crippen LogP contribution in [0.4, 0.5) is 0 Å². The van der Waals surface area contributed by atoms with Crippen molar-refractivity contribution in [3.05, 3.63) is 53.8 Å². The molecule has 22 heavy (non-hydrogen) atoms. The molecule has 0 unspecified atom stereocenters. The van der Waals surface area contributed by atoms with Crippen molar-refractivity contribution in [1.29, 1.82) is 0 Å². The predicted molar refractivity (Wildman–Crippen MR) is 84.4 cm³/mol. The first-order chi connectivity index (χ1) is 10.7. The molecular weight excluding hydrogens is 276 g/mol. The summed E-state index contributed by atoms with van der Waals surface area (Å²) in [6.45, 7) is 3.70. The predicted octanol–water partition coefficient (Wildman–Crippen LogP) is 4.18. The first kappa shape index (κ1) is 13.6. The summed E-state index contributed by atoms with van der Waals surface area (Å²) in [6, 6.07) is 12.1. The van der Waals surface area contributed by atoms with Gasteiger partial charge in [0.1, 0.15) is 17.0 Å². The van der Waals surface area contributed by atoms with Gasteiger partial charge in [0.25, 0.3) is 0 Å². The van der Waals surface area contributed by atoms with Crippen LogP contribution in [0.3, 0.4) is 0 Å². The average Bonchev–Trinajstić information content (AvgIpc) is 2.89. The maximum Gasteiger partial charge on any atom is 0.209 e. The van der Waals surface area contributed by atoms with Crippen molar-refractivity contribution in [2.45, 2.75) is 32.4 Å². The molecule has 4 nitrogen and oxygen atoms in total. The fraction of sp³-hybridized carbons (Fsp3) is 0.389. The number of aromatic nitrogens is 1. The van der Waals surface area contributed by atoms with Crippen LogP contribution in [-0.4, -0.2) is 16.9 Å². The molecule has 4 heteroatoms. The molecule has 1 fully saturated rings. The first-order valence-corrected chi connectivity index (χ1v) is 7.80. The molecule has 0 spiro atoms. The second-order valence-electron chi connectivity index (χ2n) is 6.37. The lowest BCUT2D eigenvalue weighted by Gasteiger charge is -2.12. The monoisotopic (exact) mass is 296 g/mol. The van der Waals surface area contributed by atoms with Crippen LogP contribution in [0, 0.1) is 5.92 Å². The number of fused-ring (bicyclic) bond motifs is 1. The number of rotatable bonds is 5. The van der Waals surface area contributed by atoms with Crippen molar-refractivity contribution in [3.8, 4) is 0 Å². The molecular formula is C18H20N2O2. The highest BCUT2D eigenvalue weighted by atomic mass is 16.4. The van der Waals surface area contributed by atoms with Crippen LogP contribution in [-0.2, 0) is 13.1 Å². The summed E-state index contributed by atoms with van der Waals surface area (Å²) in [5, 5.41) is 0. The lowest BCUT2D eigenvalue weighted by Crippen LogP contribution is -2.17. The van der Waals surface area contributed by atoms with E-state index >= 15 is 0 Å². The molecule has 4 rings (SSSR count). The highest BCUT2D eigenvalue weighted by molar-refractivity contribution is 5.72. The van der Waals surface area contributed by atoms with Crippen LogP contribution in [0.25, 0.3) is 11.1 Å². The highest BCUT2D eigenvalue weighted by Gasteiger charge is 2.36. The van der Waals surface area contributed by atoms with E-state index in [1.54, 1.807) is 0 Å². The van der Waals surface area contributed by atoms with Crippen molar-refractivity contribution >= 4 is 11.1 Å². The van der Waals surface area contributed by atoms with Crippen molar-refractivity contribution in [3.63, 3.8) is 0 Å². The molecule has 0 N–H and O–H groups in total. The van der Waals surface area contributed by atoms with Crippen molar-refractivity contribution in [2.24, 2.45) is 5.92 Å². The van der Waals surface area contributed by atoms with Gasteiger partial charge in [-0.25, -0.2) is 4.98 Å². The normalized spacial score (nSPS) is 20.9. The summed E-state index contributed by atoms with van der Waals surface area (Å²) in [6.07, 6.45) is 1.26. The Morgan fingerprint density at radius 1 is 1.14 bits per heavy atom. The molecule has 1 aromatic carbocycles. The number of benzene rings is 1. The molecule has 0 aliphatic heterocycles. The van der Waals surface area contributed by atoms with E-state index in [1.165, 1.54) is 6.42 Å². The van der Waals surface area contributed by atoms with Crippen LogP contribution >= 0.6 is 0 Å². The van der Waals surface area contributed by atoms with Gasteiger partial charge < -0.3 is 8.83 Å². The SMILES string of the molecule is C[C@@H]1C[C@H]1c1ccc(CN(C)Cc2nc3ccccc3o2)o1. The van der Waals surface area contributed by atoms with Crippen LogP contribution in [0.5, 0.6) is 0 Å². The summed E-state index contributed by atoms with van der Waals surface area (Å²) in [5.74, 6) is 4.30. The number of hydrogen-bond donors (Lipinski definition) is 0. The molecule has 2 heterocycles.